The largest absolute Gasteiger partial charge is 0.309 e. The quantitative estimate of drug-likeness (QED) is 0.0979. The molecule has 0 radical (unpaired) electrons. The van der Waals surface area contributed by atoms with Gasteiger partial charge in [-0.1, -0.05) is 364 Å². The maximum absolute atomic E-state index is 5.18. The molecular formula is C135H87N15. The Morgan fingerprint density at radius 2 is 0.420 bits per heavy atom. The van der Waals surface area contributed by atoms with Crippen molar-refractivity contribution in [3.05, 3.63) is 528 Å². The van der Waals surface area contributed by atoms with E-state index in [1.807, 2.05) is 146 Å². The lowest BCUT2D eigenvalue weighted by Gasteiger charge is -2.14. The van der Waals surface area contributed by atoms with Gasteiger partial charge in [-0.3, -0.25) is 13.7 Å². The molecule has 0 saturated carbocycles. The molecule has 0 aliphatic heterocycles. The average Bonchev–Trinajstić information content (AvgIpc) is 1.58. The summed E-state index contributed by atoms with van der Waals surface area (Å²) >= 11 is 0. The molecule has 15 heteroatoms. The summed E-state index contributed by atoms with van der Waals surface area (Å²) in [5.74, 6) is 2.73. The van der Waals surface area contributed by atoms with Gasteiger partial charge in [-0.25, -0.2) is 44.9 Å². The van der Waals surface area contributed by atoms with Gasteiger partial charge in [-0.2, -0.15) is 0 Å². The second-order valence-electron chi connectivity index (χ2n) is 37.6. The maximum atomic E-state index is 5.18. The minimum atomic E-state index is 0.590. The molecule has 30 aromatic rings. The smallest absolute Gasteiger partial charge is 0.237 e. The molecule has 30 rings (SSSR count). The Balaban J connectivity index is 0.000000108. The second kappa shape index (κ2) is 37.0. The minimum Gasteiger partial charge on any atom is -0.309 e. The third kappa shape index (κ3) is 15.3. The van der Waals surface area contributed by atoms with Crippen LogP contribution in [0.3, 0.4) is 0 Å². The van der Waals surface area contributed by atoms with Crippen LogP contribution in [0.15, 0.2) is 528 Å². The Hall–Kier alpha value is -20.6. The summed E-state index contributed by atoms with van der Waals surface area (Å²) in [4.78, 5) is 46.0. The van der Waals surface area contributed by atoms with Crippen LogP contribution < -0.4 is 0 Å². The van der Waals surface area contributed by atoms with Crippen LogP contribution in [0.4, 0.5) is 0 Å². The average molecular weight is 1920 g/mol. The van der Waals surface area contributed by atoms with E-state index in [4.69, 9.17) is 44.9 Å². The third-order valence-corrected chi connectivity index (χ3v) is 28.8. The van der Waals surface area contributed by atoms with Crippen molar-refractivity contribution in [2.24, 2.45) is 0 Å². The van der Waals surface area contributed by atoms with Crippen LogP contribution in [-0.4, -0.2) is 72.3 Å². The van der Waals surface area contributed by atoms with Crippen LogP contribution in [-0.2, 0) is 0 Å². The molecule has 702 valence electrons. The predicted molar refractivity (Wildman–Crippen MR) is 614 cm³/mol. The van der Waals surface area contributed by atoms with E-state index in [0.717, 1.165) is 184 Å². The van der Waals surface area contributed by atoms with Crippen LogP contribution in [0.25, 0.3) is 267 Å². The van der Waals surface area contributed by atoms with E-state index in [1.165, 1.54) is 65.4 Å². The fraction of sp³-hybridized carbons (Fsp3) is 0. The Morgan fingerprint density at radius 3 is 0.793 bits per heavy atom. The highest BCUT2D eigenvalue weighted by Crippen LogP contribution is 2.46. The molecule has 12 heterocycles. The highest BCUT2D eigenvalue weighted by atomic mass is 15.2. The molecule has 12 aromatic heterocycles. The zero-order valence-electron chi connectivity index (χ0n) is 80.9. The lowest BCUT2D eigenvalue weighted by molar-refractivity contribution is 0.982. The van der Waals surface area contributed by atoms with Gasteiger partial charge in [0.1, 0.15) is 22.8 Å². The molecule has 15 nitrogen and oxygen atoms in total. The Morgan fingerprint density at radius 1 is 0.147 bits per heavy atom. The molecule has 18 aromatic carbocycles. The first-order valence-corrected chi connectivity index (χ1v) is 50.4. The topological polar surface area (TPSA) is 146 Å². The van der Waals surface area contributed by atoms with E-state index in [1.54, 1.807) is 0 Å². The lowest BCUT2D eigenvalue weighted by atomic mass is 10.0. The van der Waals surface area contributed by atoms with Crippen LogP contribution in [0.2, 0.25) is 0 Å². The standard InChI is InChI=1S/3C45H29N5/c1-4-14-30(15-5-1)39-28-40(31-16-6-2-7-17-31)48-45(47-39)50-42-23-13-11-21-36(42)38-27-33(29-46-44(38)50)32-24-25-43-37(26-32)35-20-10-12-22-41(35)49(43)34-18-8-3-9-19-34;1-4-14-30(15-5-1)39-28-43(48-44(47-39)31-16-6-2-7-17-31)50-41-23-13-11-21-36(41)38-27-33(29-46-45(38)50)32-24-25-42-37(26-32)35-20-10-12-22-40(35)49(42)34-18-8-3-9-19-34;1-4-14-30(15-5-1)43-42(29-46-44(48-43)31-16-6-2-7-17-31)50-40-23-13-11-21-36(40)38-27-33(28-47-45(38)50)32-24-25-41-37(26-32)35-20-10-12-22-39(35)49(41)34-18-8-3-9-19-34/h3*1-29H. The van der Waals surface area contributed by atoms with Crippen molar-refractivity contribution in [1.82, 2.24) is 72.3 Å². The number of aromatic nitrogens is 15. The summed E-state index contributed by atoms with van der Waals surface area (Å²) in [6.07, 6.45) is 7.91. The second-order valence-corrected chi connectivity index (χ2v) is 37.6. The van der Waals surface area contributed by atoms with E-state index in [9.17, 15) is 0 Å². The Kier molecular flexibility index (Phi) is 21.5. The molecule has 0 bridgehead atoms. The SMILES string of the molecule is c1ccc(-c2cc(-c3ccccc3)nc(-n3c4ccccc4c4cc(-c5ccc6c(c5)c5ccccc5n6-c5ccccc5)cnc43)n2)cc1.c1ccc(-c2cc(-n3c4ccccc4c4cc(-c5ccc6c(c5)c5ccccc5n6-c5ccccc5)cnc43)nc(-c3ccccc3)n2)cc1.c1ccc(-c2ncc(-n3c4ccccc4c4cc(-c5ccc6c(c5)c5ccccc5n6-c5ccccc5)cnc43)c(-c3ccccc3)n2)cc1. The number of rotatable bonds is 15. The van der Waals surface area contributed by atoms with Crippen molar-refractivity contribution >= 4 is 131 Å². The van der Waals surface area contributed by atoms with Gasteiger partial charge < -0.3 is 13.7 Å². The molecule has 150 heavy (non-hydrogen) atoms. The van der Waals surface area contributed by atoms with Crippen molar-refractivity contribution in [1.29, 1.82) is 0 Å². The van der Waals surface area contributed by atoms with Gasteiger partial charge in [0.2, 0.25) is 5.95 Å². The fourth-order valence-electron chi connectivity index (χ4n) is 21.9. The number of nitrogens with zero attached hydrogens (tertiary/aromatic N) is 15. The van der Waals surface area contributed by atoms with Crippen molar-refractivity contribution < 1.29 is 0 Å². The Bertz CT molecular complexity index is 9940. The highest BCUT2D eigenvalue weighted by molar-refractivity contribution is 6.16. The van der Waals surface area contributed by atoms with Crippen LogP contribution in [0.5, 0.6) is 0 Å². The van der Waals surface area contributed by atoms with Crippen molar-refractivity contribution in [2.75, 3.05) is 0 Å². The molecule has 0 atom stereocenters. The van der Waals surface area contributed by atoms with Crippen LogP contribution in [0, 0.1) is 0 Å². The number of fused-ring (bicyclic) bond motifs is 18. The summed E-state index contributed by atoms with van der Waals surface area (Å²) in [6.45, 7) is 0. The molecule has 0 fully saturated rings. The van der Waals surface area contributed by atoms with Crippen LogP contribution in [0.1, 0.15) is 0 Å². The van der Waals surface area contributed by atoms with Gasteiger partial charge in [0.25, 0.3) is 0 Å². The number of pyridine rings is 3. The Labute approximate surface area is 861 Å². The number of para-hydroxylation sites is 9. The lowest BCUT2D eigenvalue weighted by Crippen LogP contribution is -2.04. The predicted octanol–water partition coefficient (Wildman–Crippen LogP) is 33.2. The first kappa shape index (κ1) is 87.3. The third-order valence-electron chi connectivity index (χ3n) is 28.8. The highest BCUT2D eigenvalue weighted by Gasteiger charge is 2.27. The monoisotopic (exact) mass is 1920 g/mol. The maximum Gasteiger partial charge on any atom is 0.237 e. The molecular weight excluding hydrogens is 1830 g/mol. The molecule has 0 spiro atoms. The van der Waals surface area contributed by atoms with E-state index in [2.05, 4.69) is 410 Å². The van der Waals surface area contributed by atoms with Crippen LogP contribution >= 0.6 is 0 Å². The molecule has 0 aliphatic carbocycles. The van der Waals surface area contributed by atoms with E-state index < -0.39 is 0 Å². The van der Waals surface area contributed by atoms with E-state index >= 15 is 0 Å². The number of hydrogen-bond acceptors (Lipinski definition) is 9. The van der Waals surface area contributed by atoms with Gasteiger partial charge in [-0.05, 0) is 150 Å². The first-order chi connectivity index (χ1) is 74.4. The normalized spacial score (nSPS) is 11.6. The summed E-state index contributed by atoms with van der Waals surface area (Å²) < 4.78 is 13.5. The fourth-order valence-corrected chi connectivity index (χ4v) is 21.9. The summed E-state index contributed by atoms with van der Waals surface area (Å²) in [5, 5.41) is 13.9. The summed E-state index contributed by atoms with van der Waals surface area (Å²) in [7, 11) is 0. The molecule has 0 aliphatic rings. The van der Waals surface area contributed by atoms with Gasteiger partial charge >= 0.3 is 0 Å². The van der Waals surface area contributed by atoms with Gasteiger partial charge in [-0.15, -0.1) is 0 Å². The zero-order chi connectivity index (χ0) is 99.1. The first-order valence-electron chi connectivity index (χ1n) is 50.4. The van der Waals surface area contributed by atoms with Crippen molar-refractivity contribution in [2.45, 2.75) is 0 Å². The molecule has 0 saturated heterocycles. The van der Waals surface area contributed by atoms with Gasteiger partial charge in [0, 0.05) is 156 Å². The van der Waals surface area contributed by atoms with E-state index in [-0.39, 0.29) is 0 Å². The number of hydrogen-bond donors (Lipinski definition) is 0. The molecule has 0 N–H and O–H groups in total. The van der Waals surface area contributed by atoms with Crippen molar-refractivity contribution in [3.63, 3.8) is 0 Å². The van der Waals surface area contributed by atoms with Gasteiger partial charge in [0.05, 0.1) is 84.3 Å². The zero-order valence-corrected chi connectivity index (χ0v) is 80.9. The molecule has 0 amide bonds. The molecule has 0 unspecified atom stereocenters. The minimum absolute atomic E-state index is 0.590. The van der Waals surface area contributed by atoms with Gasteiger partial charge in [0.15, 0.2) is 11.6 Å². The van der Waals surface area contributed by atoms with E-state index in [0.29, 0.717) is 17.6 Å². The number of benzene rings is 18. The summed E-state index contributed by atoms with van der Waals surface area (Å²) in [6, 6.07) is 176. The summed E-state index contributed by atoms with van der Waals surface area (Å²) in [5.41, 5.74) is 33.2. The van der Waals surface area contributed by atoms with Crippen molar-refractivity contribution in [3.8, 4) is 136 Å².